The van der Waals surface area contributed by atoms with Crippen LogP contribution >= 0.6 is 0 Å². The maximum Gasteiger partial charge on any atom is 0.231 e. The smallest absolute Gasteiger partial charge is 0.231 e. The van der Waals surface area contributed by atoms with Crippen LogP contribution in [0.25, 0.3) is 0 Å². The molecule has 6 heteroatoms. The van der Waals surface area contributed by atoms with Gasteiger partial charge in [0.2, 0.25) is 6.79 Å². The minimum atomic E-state index is -0.701. The van der Waals surface area contributed by atoms with E-state index in [1.807, 2.05) is 37.3 Å². The Bertz CT molecular complexity index is 852. The van der Waals surface area contributed by atoms with Gasteiger partial charge in [0.1, 0.15) is 12.4 Å². The molecule has 0 aliphatic carbocycles. The Balaban J connectivity index is 1.65. The summed E-state index contributed by atoms with van der Waals surface area (Å²) >= 11 is 0. The lowest BCUT2D eigenvalue weighted by molar-refractivity contribution is 0.0799. The number of fused-ring (bicyclic) bond motifs is 3. The van der Waals surface area contributed by atoms with Gasteiger partial charge in [0.25, 0.3) is 0 Å². The first-order valence-corrected chi connectivity index (χ1v) is 9.43. The molecule has 2 aromatic rings. The molecule has 2 aromatic carbocycles. The molecule has 2 aliphatic rings. The van der Waals surface area contributed by atoms with E-state index in [-0.39, 0.29) is 12.8 Å². The molecule has 0 saturated heterocycles. The van der Waals surface area contributed by atoms with E-state index in [1.54, 1.807) is 6.08 Å². The number of nitrogens with one attached hydrogen (secondary N) is 1. The van der Waals surface area contributed by atoms with Gasteiger partial charge >= 0.3 is 0 Å². The Morgan fingerprint density at radius 2 is 2.00 bits per heavy atom. The van der Waals surface area contributed by atoms with E-state index < -0.39 is 6.10 Å². The Kier molecular flexibility index (Phi) is 5.52. The van der Waals surface area contributed by atoms with Gasteiger partial charge in [-0.15, -0.1) is 0 Å². The molecule has 0 bridgehead atoms. The number of aliphatic hydroxyl groups excluding tert-OH is 1. The summed E-state index contributed by atoms with van der Waals surface area (Å²) in [5.41, 5.74) is 3.54. The molecule has 148 valence electrons. The van der Waals surface area contributed by atoms with Crippen molar-refractivity contribution in [2.75, 3.05) is 26.6 Å². The molecule has 0 radical (unpaired) electrons. The molecule has 0 amide bonds. The van der Waals surface area contributed by atoms with Crippen molar-refractivity contribution in [1.29, 1.82) is 0 Å². The quantitative estimate of drug-likeness (QED) is 0.716. The van der Waals surface area contributed by atoms with E-state index >= 15 is 0 Å². The summed E-state index contributed by atoms with van der Waals surface area (Å²) in [5, 5.41) is 14.1. The molecular formula is C22H25NO5. The predicted molar refractivity (Wildman–Crippen MR) is 105 cm³/mol. The van der Waals surface area contributed by atoms with Gasteiger partial charge in [-0.25, -0.2) is 0 Å². The summed E-state index contributed by atoms with van der Waals surface area (Å²) in [6.07, 6.45) is 0.984. The molecule has 0 fully saturated rings. The Labute approximate surface area is 164 Å². The monoisotopic (exact) mass is 383 g/mol. The summed E-state index contributed by atoms with van der Waals surface area (Å²) in [7, 11) is 0. The average molecular weight is 383 g/mol. The molecule has 2 heterocycles. The van der Waals surface area contributed by atoms with Crippen molar-refractivity contribution in [2.45, 2.75) is 25.7 Å². The van der Waals surface area contributed by atoms with E-state index in [2.05, 4.69) is 11.9 Å². The fourth-order valence-electron chi connectivity index (χ4n) is 3.78. The zero-order chi connectivity index (χ0) is 19.5. The van der Waals surface area contributed by atoms with Crippen LogP contribution in [0.15, 0.2) is 43.0 Å². The number of hydrogen-bond acceptors (Lipinski definition) is 6. The van der Waals surface area contributed by atoms with Gasteiger partial charge in [0, 0.05) is 23.2 Å². The SMILES string of the molecule is C=CCOc1c(C)c2c(c3c1C(O)CN[C@@H]3COCc1ccccc1)OCO2. The van der Waals surface area contributed by atoms with Gasteiger partial charge in [-0.05, 0) is 12.5 Å². The third-order valence-corrected chi connectivity index (χ3v) is 5.05. The van der Waals surface area contributed by atoms with Crippen LogP contribution in [0.4, 0.5) is 0 Å². The fraction of sp³-hybridized carbons (Fsp3) is 0.364. The summed E-state index contributed by atoms with van der Waals surface area (Å²) in [6, 6.07) is 9.90. The first-order valence-electron chi connectivity index (χ1n) is 9.43. The van der Waals surface area contributed by atoms with Gasteiger partial charge in [-0.3, -0.25) is 0 Å². The van der Waals surface area contributed by atoms with E-state index in [1.165, 1.54) is 0 Å². The summed E-state index contributed by atoms with van der Waals surface area (Å²) < 4.78 is 23.4. The summed E-state index contributed by atoms with van der Waals surface area (Å²) in [6.45, 7) is 7.51. The van der Waals surface area contributed by atoms with E-state index in [4.69, 9.17) is 18.9 Å². The van der Waals surface area contributed by atoms with E-state index in [0.29, 0.717) is 43.6 Å². The molecule has 4 rings (SSSR count). The average Bonchev–Trinajstić information content (AvgIpc) is 3.20. The van der Waals surface area contributed by atoms with Crippen molar-refractivity contribution in [3.8, 4) is 17.2 Å². The normalized spacial score (nSPS) is 19.9. The first-order chi connectivity index (χ1) is 13.7. The van der Waals surface area contributed by atoms with Crippen LogP contribution in [-0.4, -0.2) is 31.7 Å². The number of hydrogen-bond donors (Lipinski definition) is 2. The third-order valence-electron chi connectivity index (χ3n) is 5.05. The third kappa shape index (κ3) is 3.46. The molecule has 28 heavy (non-hydrogen) atoms. The number of rotatable bonds is 7. The van der Waals surface area contributed by atoms with E-state index in [0.717, 1.165) is 22.3 Å². The second kappa shape index (κ2) is 8.22. The molecule has 2 aliphatic heterocycles. The van der Waals surface area contributed by atoms with Gasteiger partial charge in [-0.1, -0.05) is 43.0 Å². The fourth-order valence-corrected chi connectivity index (χ4v) is 3.78. The zero-order valence-corrected chi connectivity index (χ0v) is 15.9. The van der Waals surface area contributed by atoms with Crippen molar-refractivity contribution in [2.24, 2.45) is 0 Å². The van der Waals surface area contributed by atoms with Crippen LogP contribution in [0.5, 0.6) is 17.2 Å². The molecule has 2 atom stereocenters. The van der Waals surface area contributed by atoms with Gasteiger partial charge in [0.15, 0.2) is 11.5 Å². The largest absolute Gasteiger partial charge is 0.489 e. The van der Waals surface area contributed by atoms with Crippen LogP contribution in [0.3, 0.4) is 0 Å². The molecule has 2 N–H and O–H groups in total. The van der Waals surface area contributed by atoms with Gasteiger partial charge < -0.3 is 29.4 Å². The standard InChI is InChI=1S/C22H25NO5/c1-3-9-26-20-14(2)21-22(28-13-27-21)18-16(23-10-17(24)19(18)20)12-25-11-15-7-5-4-6-8-15/h3-8,16-17,23-24H,1,9-13H2,2H3/t16-,17?/m1/s1. The topological polar surface area (TPSA) is 69.2 Å². The highest BCUT2D eigenvalue weighted by molar-refractivity contribution is 5.66. The van der Waals surface area contributed by atoms with Gasteiger partial charge in [-0.2, -0.15) is 0 Å². The minimum Gasteiger partial charge on any atom is -0.489 e. The zero-order valence-electron chi connectivity index (χ0n) is 15.9. The lowest BCUT2D eigenvalue weighted by Gasteiger charge is -2.33. The number of ether oxygens (including phenoxy) is 4. The molecule has 6 nitrogen and oxygen atoms in total. The Morgan fingerprint density at radius 1 is 1.21 bits per heavy atom. The van der Waals surface area contributed by atoms with Crippen LogP contribution in [0.1, 0.15) is 34.4 Å². The van der Waals surface area contributed by atoms with Crippen LogP contribution in [0.2, 0.25) is 0 Å². The maximum atomic E-state index is 10.7. The highest BCUT2D eigenvalue weighted by atomic mass is 16.7. The second-order valence-corrected chi connectivity index (χ2v) is 6.92. The van der Waals surface area contributed by atoms with Crippen molar-refractivity contribution in [1.82, 2.24) is 5.32 Å². The predicted octanol–water partition coefficient (Wildman–Crippen LogP) is 3.18. The maximum absolute atomic E-state index is 10.7. The highest BCUT2D eigenvalue weighted by Crippen LogP contribution is 2.51. The Morgan fingerprint density at radius 3 is 2.79 bits per heavy atom. The lowest BCUT2D eigenvalue weighted by Crippen LogP contribution is -2.36. The van der Waals surface area contributed by atoms with Crippen LogP contribution < -0.4 is 19.5 Å². The van der Waals surface area contributed by atoms with Crippen LogP contribution in [0, 0.1) is 6.92 Å². The number of benzene rings is 2. The van der Waals surface area contributed by atoms with E-state index in [9.17, 15) is 5.11 Å². The summed E-state index contributed by atoms with van der Waals surface area (Å²) in [5.74, 6) is 1.97. The summed E-state index contributed by atoms with van der Waals surface area (Å²) in [4.78, 5) is 0. The number of aliphatic hydroxyl groups is 1. The van der Waals surface area contributed by atoms with Gasteiger partial charge in [0.05, 0.1) is 25.4 Å². The molecule has 0 saturated carbocycles. The lowest BCUT2D eigenvalue weighted by atomic mass is 9.88. The van der Waals surface area contributed by atoms with Crippen molar-refractivity contribution in [3.05, 3.63) is 65.2 Å². The second-order valence-electron chi connectivity index (χ2n) is 6.92. The molecular weight excluding hydrogens is 358 g/mol. The molecule has 1 unspecified atom stereocenters. The van der Waals surface area contributed by atoms with Crippen molar-refractivity contribution < 1.29 is 24.1 Å². The molecule has 0 aromatic heterocycles. The Hall–Kier alpha value is -2.54. The van der Waals surface area contributed by atoms with Crippen molar-refractivity contribution >= 4 is 0 Å². The van der Waals surface area contributed by atoms with Crippen LogP contribution in [-0.2, 0) is 11.3 Å². The molecule has 0 spiro atoms. The van der Waals surface area contributed by atoms with Crippen molar-refractivity contribution in [3.63, 3.8) is 0 Å². The number of β-amino-alcohol motifs (C(OH)–C–C–N with tert-alkyl or cyclic N) is 1. The first kappa shape index (κ1) is 18.8. The minimum absolute atomic E-state index is 0.135. The highest BCUT2D eigenvalue weighted by Gasteiger charge is 2.38.